The Morgan fingerprint density at radius 2 is 2.07 bits per heavy atom. The molecule has 0 bridgehead atoms. The van der Waals surface area contributed by atoms with Gasteiger partial charge in [0.2, 0.25) is 5.76 Å². The monoisotopic (exact) mass is 402 g/mol. The van der Waals surface area contributed by atoms with Gasteiger partial charge in [-0.05, 0) is 31.0 Å². The van der Waals surface area contributed by atoms with E-state index in [1.807, 2.05) is 9.58 Å². The summed E-state index contributed by atoms with van der Waals surface area (Å²) in [6.45, 7) is 4.48. The maximum absolute atomic E-state index is 13.0. The summed E-state index contributed by atoms with van der Waals surface area (Å²) in [7, 11) is 3.53. The fourth-order valence-corrected chi connectivity index (χ4v) is 3.82. The third-order valence-corrected chi connectivity index (χ3v) is 5.67. The first-order valence-corrected chi connectivity index (χ1v) is 9.86. The summed E-state index contributed by atoms with van der Waals surface area (Å²) in [5.74, 6) is 0.343. The number of aryl methyl sites for hydroxylation is 1. The van der Waals surface area contributed by atoms with E-state index in [0.29, 0.717) is 18.5 Å². The summed E-state index contributed by atoms with van der Waals surface area (Å²) < 4.78 is 11.8. The van der Waals surface area contributed by atoms with Crippen LogP contribution < -0.4 is 10.1 Å². The van der Waals surface area contributed by atoms with Crippen LogP contribution in [-0.4, -0.2) is 83.4 Å². The first-order chi connectivity index (χ1) is 14.0. The summed E-state index contributed by atoms with van der Waals surface area (Å²) in [6, 6.07) is 1.46. The van der Waals surface area contributed by atoms with Gasteiger partial charge >= 0.3 is 0 Å². The van der Waals surface area contributed by atoms with Gasteiger partial charge < -0.3 is 24.4 Å². The maximum atomic E-state index is 13.0. The van der Waals surface area contributed by atoms with E-state index >= 15 is 0 Å². The van der Waals surface area contributed by atoms with E-state index in [1.165, 1.54) is 13.2 Å². The Kier molecular flexibility index (Phi) is 5.52. The standard InChI is InChI=1S/C19H26N6O4/c1-23-5-7-24(8-6-23)19(27)14-12-21-25-4-3-13(9-15(14)25)11-20-18(26)16-10-17(28-2)22-29-16/h10,12-13H,3-9,11H2,1-2H3,(H,20,26). The van der Waals surface area contributed by atoms with Gasteiger partial charge in [-0.25, -0.2) is 0 Å². The third kappa shape index (κ3) is 4.12. The molecule has 2 aliphatic rings. The molecule has 10 nitrogen and oxygen atoms in total. The minimum atomic E-state index is -0.325. The van der Waals surface area contributed by atoms with E-state index in [1.54, 1.807) is 6.20 Å². The quantitative estimate of drug-likeness (QED) is 0.765. The van der Waals surface area contributed by atoms with Crippen LogP contribution in [-0.2, 0) is 13.0 Å². The van der Waals surface area contributed by atoms with Gasteiger partial charge in [-0.3, -0.25) is 14.3 Å². The van der Waals surface area contributed by atoms with Crippen LogP contribution in [0.2, 0.25) is 0 Å². The van der Waals surface area contributed by atoms with Crippen molar-refractivity contribution in [1.29, 1.82) is 0 Å². The summed E-state index contributed by atoms with van der Waals surface area (Å²) in [4.78, 5) is 29.3. The van der Waals surface area contributed by atoms with Gasteiger partial charge in [-0.15, -0.1) is 0 Å². The van der Waals surface area contributed by atoms with Gasteiger partial charge in [-0.2, -0.15) is 5.10 Å². The normalized spacial score (nSPS) is 19.7. The number of aromatic nitrogens is 3. The summed E-state index contributed by atoms with van der Waals surface area (Å²) in [5, 5.41) is 10.9. The zero-order valence-corrected chi connectivity index (χ0v) is 16.8. The van der Waals surface area contributed by atoms with Gasteiger partial charge in [0.15, 0.2) is 0 Å². The van der Waals surface area contributed by atoms with E-state index in [9.17, 15) is 9.59 Å². The molecule has 0 aromatic carbocycles. The lowest BCUT2D eigenvalue weighted by Crippen LogP contribution is -2.47. The highest BCUT2D eigenvalue weighted by atomic mass is 16.5. The molecule has 1 fully saturated rings. The van der Waals surface area contributed by atoms with Crippen molar-refractivity contribution in [2.75, 3.05) is 46.9 Å². The molecule has 1 atom stereocenters. The minimum Gasteiger partial charge on any atom is -0.479 e. The Morgan fingerprint density at radius 1 is 1.28 bits per heavy atom. The van der Waals surface area contributed by atoms with Crippen molar-refractivity contribution in [2.24, 2.45) is 5.92 Å². The highest BCUT2D eigenvalue weighted by Crippen LogP contribution is 2.24. The molecular formula is C19H26N6O4. The number of hydrogen-bond donors (Lipinski definition) is 1. The van der Waals surface area contributed by atoms with E-state index in [4.69, 9.17) is 9.26 Å². The minimum absolute atomic E-state index is 0.0535. The number of piperazine rings is 1. The Hall–Kier alpha value is -2.88. The van der Waals surface area contributed by atoms with Crippen molar-refractivity contribution < 1.29 is 18.8 Å². The molecule has 2 aliphatic heterocycles. The van der Waals surface area contributed by atoms with Crippen LogP contribution in [0.15, 0.2) is 16.8 Å². The first kappa shape index (κ1) is 19.4. The zero-order valence-electron chi connectivity index (χ0n) is 16.8. The van der Waals surface area contributed by atoms with Crippen LogP contribution in [0.3, 0.4) is 0 Å². The van der Waals surface area contributed by atoms with E-state index in [-0.39, 0.29) is 29.4 Å². The molecule has 0 saturated carbocycles. The largest absolute Gasteiger partial charge is 0.479 e. The molecular weight excluding hydrogens is 376 g/mol. The topological polar surface area (TPSA) is 106 Å². The lowest BCUT2D eigenvalue weighted by Gasteiger charge is -2.32. The molecule has 29 heavy (non-hydrogen) atoms. The molecule has 2 aromatic rings. The van der Waals surface area contributed by atoms with E-state index in [0.717, 1.165) is 44.8 Å². The van der Waals surface area contributed by atoms with E-state index in [2.05, 4.69) is 27.5 Å². The number of fused-ring (bicyclic) bond motifs is 1. The predicted octanol–water partition coefficient (Wildman–Crippen LogP) is 0.260. The first-order valence-electron chi connectivity index (χ1n) is 9.86. The Labute approximate surface area is 168 Å². The third-order valence-electron chi connectivity index (χ3n) is 5.67. The van der Waals surface area contributed by atoms with Crippen LogP contribution in [0.25, 0.3) is 0 Å². The lowest BCUT2D eigenvalue weighted by atomic mass is 9.94. The number of nitrogens with one attached hydrogen (secondary N) is 1. The highest BCUT2D eigenvalue weighted by Gasteiger charge is 2.29. The molecule has 4 rings (SSSR count). The maximum Gasteiger partial charge on any atom is 0.290 e. The van der Waals surface area contributed by atoms with Gasteiger partial charge in [0.25, 0.3) is 17.7 Å². The number of amides is 2. The molecule has 2 aromatic heterocycles. The molecule has 0 spiro atoms. The second-order valence-electron chi connectivity index (χ2n) is 7.63. The van der Waals surface area contributed by atoms with Gasteiger partial charge in [0, 0.05) is 39.3 Å². The predicted molar refractivity (Wildman–Crippen MR) is 103 cm³/mol. The lowest BCUT2D eigenvalue weighted by molar-refractivity contribution is 0.0661. The number of nitrogens with zero attached hydrogens (tertiary/aromatic N) is 5. The summed E-state index contributed by atoms with van der Waals surface area (Å²) in [5.41, 5.74) is 1.64. The van der Waals surface area contributed by atoms with Gasteiger partial charge in [0.05, 0.1) is 30.6 Å². The number of carbonyl (C=O) groups is 2. The van der Waals surface area contributed by atoms with Crippen LogP contribution in [0.4, 0.5) is 0 Å². The van der Waals surface area contributed by atoms with Crippen LogP contribution in [0, 0.1) is 5.92 Å². The highest BCUT2D eigenvalue weighted by molar-refractivity contribution is 5.95. The Morgan fingerprint density at radius 3 is 2.79 bits per heavy atom. The number of hydrogen-bond acceptors (Lipinski definition) is 7. The zero-order chi connectivity index (χ0) is 20.4. The molecule has 1 saturated heterocycles. The fraction of sp³-hybridized carbons (Fsp3) is 0.579. The Bertz CT molecular complexity index is 883. The van der Waals surface area contributed by atoms with Crippen LogP contribution in [0.1, 0.15) is 33.0 Å². The molecule has 1 N–H and O–H groups in total. The average Bonchev–Trinajstić information content (AvgIpc) is 3.39. The summed E-state index contributed by atoms with van der Waals surface area (Å²) >= 11 is 0. The van der Waals surface area contributed by atoms with Gasteiger partial charge in [0.1, 0.15) is 0 Å². The second-order valence-corrected chi connectivity index (χ2v) is 7.63. The van der Waals surface area contributed by atoms with Crippen LogP contribution >= 0.6 is 0 Å². The number of rotatable bonds is 5. The molecule has 0 aliphatic carbocycles. The molecule has 2 amide bonds. The van der Waals surface area contributed by atoms with Crippen molar-refractivity contribution in [3.05, 3.63) is 29.3 Å². The molecule has 1 unspecified atom stereocenters. The number of carbonyl (C=O) groups excluding carboxylic acids is 2. The molecule has 0 radical (unpaired) electrons. The smallest absolute Gasteiger partial charge is 0.290 e. The van der Waals surface area contributed by atoms with Crippen molar-refractivity contribution >= 4 is 11.8 Å². The molecule has 4 heterocycles. The number of ether oxygens (including phenoxy) is 1. The SMILES string of the molecule is COc1cc(C(=O)NCC2CCn3ncc(C(=O)N4CCN(C)CC4)c3C2)on1. The summed E-state index contributed by atoms with van der Waals surface area (Å²) in [6.07, 6.45) is 3.28. The van der Waals surface area contributed by atoms with Gasteiger partial charge in [-0.1, -0.05) is 0 Å². The van der Waals surface area contributed by atoms with Crippen LogP contribution in [0.5, 0.6) is 5.88 Å². The Balaban J connectivity index is 1.37. The number of methoxy groups -OCH3 is 1. The van der Waals surface area contributed by atoms with Crippen molar-refractivity contribution in [1.82, 2.24) is 30.1 Å². The molecule has 156 valence electrons. The van der Waals surface area contributed by atoms with Crippen molar-refractivity contribution in [3.63, 3.8) is 0 Å². The number of likely N-dealkylation sites (N-methyl/N-ethyl adjacent to an activating group) is 1. The fourth-order valence-electron chi connectivity index (χ4n) is 3.82. The van der Waals surface area contributed by atoms with Crippen molar-refractivity contribution in [2.45, 2.75) is 19.4 Å². The average molecular weight is 402 g/mol. The second kappa shape index (κ2) is 8.24. The van der Waals surface area contributed by atoms with E-state index < -0.39 is 0 Å². The molecule has 10 heteroatoms. The van der Waals surface area contributed by atoms with Crippen molar-refractivity contribution in [3.8, 4) is 5.88 Å².